The maximum atomic E-state index is 12.6. The molecular weight excluding hydrogens is 266 g/mol. The molecule has 3 fully saturated rings. The average molecular weight is 287 g/mol. The quantitative estimate of drug-likeness (QED) is 0.785. The number of hydrogen-bond donors (Lipinski definition) is 0. The monoisotopic (exact) mass is 287 g/mol. The molecule has 1 aromatic rings. The van der Waals surface area contributed by atoms with E-state index in [0.29, 0.717) is 0 Å². The smallest absolute Gasteiger partial charge is 0.236 e. The first kappa shape index (κ1) is 14.3. The van der Waals surface area contributed by atoms with Gasteiger partial charge in [-0.25, -0.2) is 0 Å². The summed E-state index contributed by atoms with van der Waals surface area (Å²) in [6.07, 6.45) is 1.76. The minimum Gasteiger partial charge on any atom is -0.373 e. The normalized spacial score (nSPS) is 34.8. The summed E-state index contributed by atoms with van der Waals surface area (Å²) in [4.78, 5) is 26.7. The third-order valence-corrected chi connectivity index (χ3v) is 4.99. The summed E-state index contributed by atoms with van der Waals surface area (Å²) in [7, 11) is 0. The molecule has 0 N–H and O–H groups in total. The van der Waals surface area contributed by atoms with E-state index in [2.05, 4.69) is 0 Å². The molecular formula is C17H21NO3. The lowest BCUT2D eigenvalue weighted by Crippen LogP contribution is -2.36. The fourth-order valence-electron chi connectivity index (χ4n) is 4.00. The summed E-state index contributed by atoms with van der Waals surface area (Å²) in [6.45, 7) is 1.93. The summed E-state index contributed by atoms with van der Waals surface area (Å²) in [5, 5.41) is 0. The summed E-state index contributed by atoms with van der Waals surface area (Å²) in [5.41, 5.74) is 1.00. The van der Waals surface area contributed by atoms with Gasteiger partial charge in [-0.15, -0.1) is 0 Å². The van der Waals surface area contributed by atoms with Crippen molar-refractivity contribution in [3.05, 3.63) is 35.9 Å². The molecule has 3 aliphatic heterocycles. The van der Waals surface area contributed by atoms with Gasteiger partial charge in [-0.1, -0.05) is 37.8 Å². The minimum atomic E-state index is -0.229. The largest absolute Gasteiger partial charge is 0.373 e. The number of fused-ring (bicyclic) bond motifs is 5. The van der Waals surface area contributed by atoms with Crippen molar-refractivity contribution in [3.63, 3.8) is 0 Å². The number of likely N-dealkylation sites (tertiary alicyclic amines) is 1. The van der Waals surface area contributed by atoms with Crippen molar-refractivity contribution in [1.82, 2.24) is 4.90 Å². The molecule has 0 aliphatic carbocycles. The molecule has 4 heteroatoms. The molecule has 0 saturated carbocycles. The average Bonchev–Trinajstić information content (AvgIpc) is 3.14. The van der Waals surface area contributed by atoms with Crippen LogP contribution in [0, 0.1) is 11.8 Å². The maximum Gasteiger partial charge on any atom is 0.236 e. The van der Waals surface area contributed by atoms with Gasteiger partial charge in [-0.2, -0.15) is 0 Å². The van der Waals surface area contributed by atoms with Gasteiger partial charge in [0, 0.05) is 0 Å². The van der Waals surface area contributed by atoms with Crippen LogP contribution in [0.5, 0.6) is 0 Å². The Morgan fingerprint density at radius 2 is 1.57 bits per heavy atom. The second-order valence-corrected chi connectivity index (χ2v) is 5.98. The minimum absolute atomic E-state index is 0. The van der Waals surface area contributed by atoms with E-state index in [4.69, 9.17) is 4.74 Å². The Morgan fingerprint density at radius 3 is 2.10 bits per heavy atom. The summed E-state index contributed by atoms with van der Waals surface area (Å²) in [6, 6.07) is 9.54. The van der Waals surface area contributed by atoms with Gasteiger partial charge < -0.3 is 4.74 Å². The first-order valence-electron chi connectivity index (χ1n) is 7.26. The molecule has 1 aromatic carbocycles. The van der Waals surface area contributed by atoms with E-state index in [1.807, 2.05) is 37.3 Å². The number of rotatable bonds is 2. The van der Waals surface area contributed by atoms with Crippen LogP contribution >= 0.6 is 0 Å². The second-order valence-electron chi connectivity index (χ2n) is 5.98. The lowest BCUT2D eigenvalue weighted by atomic mass is 9.81. The van der Waals surface area contributed by atoms with Gasteiger partial charge in [0.25, 0.3) is 0 Å². The predicted octanol–water partition coefficient (Wildman–Crippen LogP) is 2.55. The Kier molecular flexibility index (Phi) is 3.36. The first-order chi connectivity index (χ1) is 9.68. The van der Waals surface area contributed by atoms with Crippen LogP contribution in [0.3, 0.4) is 0 Å². The molecule has 3 saturated heterocycles. The fourth-order valence-corrected chi connectivity index (χ4v) is 4.00. The van der Waals surface area contributed by atoms with Crippen LogP contribution in [0.2, 0.25) is 0 Å². The fraction of sp³-hybridized carbons (Fsp3) is 0.529. The highest BCUT2D eigenvalue weighted by atomic mass is 16.5. The van der Waals surface area contributed by atoms with Crippen LogP contribution in [0.15, 0.2) is 30.3 Å². The summed E-state index contributed by atoms with van der Waals surface area (Å²) < 4.78 is 5.75. The third-order valence-electron chi connectivity index (χ3n) is 4.99. The standard InChI is InChI=1S/C16H17NO3.CH4/c1-9(10-5-3-2-4-6-10)17-15(18)13-11-7-8-12(20-11)14(13)16(17)19;/h2-6,9,11-14H,7-8H2,1H3;1H4/t9-,11?,12?,13-,14?;/m1./s1. The van der Waals surface area contributed by atoms with Crippen LogP contribution in [0.25, 0.3) is 0 Å². The molecule has 3 aliphatic rings. The van der Waals surface area contributed by atoms with Crippen LogP contribution in [0.4, 0.5) is 0 Å². The molecule has 5 atom stereocenters. The lowest BCUT2D eigenvalue weighted by molar-refractivity contribution is -0.145. The van der Waals surface area contributed by atoms with E-state index in [9.17, 15) is 9.59 Å². The highest BCUT2D eigenvalue weighted by Gasteiger charge is 2.62. The molecule has 0 aromatic heterocycles. The van der Waals surface area contributed by atoms with Crippen molar-refractivity contribution in [1.29, 1.82) is 0 Å². The zero-order chi connectivity index (χ0) is 13.9. The van der Waals surface area contributed by atoms with Crippen molar-refractivity contribution in [2.45, 2.75) is 45.4 Å². The molecule has 0 radical (unpaired) electrons. The number of carbonyl (C=O) groups is 2. The maximum absolute atomic E-state index is 12.6. The molecule has 4 rings (SSSR count). The lowest BCUT2D eigenvalue weighted by Gasteiger charge is -2.25. The van der Waals surface area contributed by atoms with E-state index in [1.165, 1.54) is 4.90 Å². The predicted molar refractivity (Wildman–Crippen MR) is 78.3 cm³/mol. The molecule has 4 nitrogen and oxygen atoms in total. The van der Waals surface area contributed by atoms with E-state index in [-0.39, 0.29) is 49.3 Å². The van der Waals surface area contributed by atoms with Crippen molar-refractivity contribution < 1.29 is 14.3 Å². The van der Waals surface area contributed by atoms with Gasteiger partial charge in [0.1, 0.15) is 0 Å². The van der Waals surface area contributed by atoms with Crippen molar-refractivity contribution in [2.75, 3.05) is 0 Å². The second kappa shape index (κ2) is 4.95. The number of carbonyl (C=O) groups excluding carboxylic acids is 2. The Bertz CT molecular complexity index is 543. The van der Waals surface area contributed by atoms with Crippen LogP contribution in [-0.2, 0) is 14.3 Å². The van der Waals surface area contributed by atoms with Gasteiger partial charge in [0.05, 0.1) is 30.1 Å². The van der Waals surface area contributed by atoms with Crippen molar-refractivity contribution >= 4 is 11.8 Å². The molecule has 0 spiro atoms. The summed E-state index contributed by atoms with van der Waals surface area (Å²) in [5.74, 6) is -0.535. The number of hydrogen-bond acceptors (Lipinski definition) is 3. The van der Waals surface area contributed by atoms with Crippen LogP contribution < -0.4 is 0 Å². The van der Waals surface area contributed by atoms with Gasteiger partial charge in [-0.3, -0.25) is 14.5 Å². The molecule has 21 heavy (non-hydrogen) atoms. The number of nitrogens with zero attached hydrogens (tertiary/aromatic N) is 1. The Morgan fingerprint density at radius 1 is 1.05 bits per heavy atom. The van der Waals surface area contributed by atoms with Gasteiger partial charge in [0.2, 0.25) is 11.8 Å². The summed E-state index contributed by atoms with van der Waals surface area (Å²) >= 11 is 0. The van der Waals surface area contributed by atoms with Crippen LogP contribution in [0.1, 0.15) is 38.8 Å². The molecule has 2 amide bonds. The Labute approximate surface area is 125 Å². The number of ether oxygens (including phenoxy) is 1. The number of benzene rings is 1. The molecule has 3 heterocycles. The zero-order valence-electron chi connectivity index (χ0n) is 11.4. The molecule has 112 valence electrons. The van der Waals surface area contributed by atoms with Crippen molar-refractivity contribution in [3.8, 4) is 0 Å². The van der Waals surface area contributed by atoms with E-state index < -0.39 is 0 Å². The van der Waals surface area contributed by atoms with E-state index in [1.54, 1.807) is 0 Å². The van der Waals surface area contributed by atoms with Gasteiger partial charge in [0.15, 0.2) is 0 Å². The topological polar surface area (TPSA) is 46.6 Å². The number of imide groups is 1. The number of amides is 2. The van der Waals surface area contributed by atoms with E-state index >= 15 is 0 Å². The van der Waals surface area contributed by atoms with Crippen molar-refractivity contribution in [2.24, 2.45) is 11.8 Å². The van der Waals surface area contributed by atoms with Gasteiger partial charge in [-0.05, 0) is 25.3 Å². The van der Waals surface area contributed by atoms with Gasteiger partial charge >= 0.3 is 0 Å². The SMILES string of the molecule is C.C[C@H](c1ccccc1)N1C(=O)C2C3CCC(O3)[C@H]2C1=O. The zero-order valence-corrected chi connectivity index (χ0v) is 11.4. The Balaban J connectivity index is 0.00000132. The first-order valence-corrected chi connectivity index (χ1v) is 7.26. The highest BCUT2D eigenvalue weighted by Crippen LogP contribution is 2.50. The molecule has 3 unspecified atom stereocenters. The molecule has 2 bridgehead atoms. The van der Waals surface area contributed by atoms with E-state index in [0.717, 1.165) is 18.4 Å². The third kappa shape index (κ3) is 1.85. The van der Waals surface area contributed by atoms with Crippen LogP contribution in [-0.4, -0.2) is 28.9 Å². The highest BCUT2D eigenvalue weighted by molar-refractivity contribution is 6.06. The Hall–Kier alpha value is -1.68.